The van der Waals surface area contributed by atoms with E-state index in [0.717, 1.165) is 25.2 Å². The molecule has 0 aromatic heterocycles. The van der Waals surface area contributed by atoms with Crippen molar-refractivity contribution in [2.75, 3.05) is 20.1 Å². The van der Waals surface area contributed by atoms with Gasteiger partial charge >= 0.3 is 0 Å². The van der Waals surface area contributed by atoms with Gasteiger partial charge < -0.3 is 15.5 Å². The largest absolute Gasteiger partial charge is 0.357 e. The minimum Gasteiger partial charge on any atom is -0.357 e. The lowest BCUT2D eigenvalue weighted by Crippen LogP contribution is -2.37. The first-order valence-electron chi connectivity index (χ1n) is 9.14. The van der Waals surface area contributed by atoms with E-state index in [2.05, 4.69) is 58.8 Å². The molecule has 0 saturated heterocycles. The zero-order chi connectivity index (χ0) is 18.8. The zero-order valence-electron chi connectivity index (χ0n) is 15.9. The Morgan fingerprint density at radius 3 is 2.54 bits per heavy atom. The molecule has 0 aliphatic heterocycles. The van der Waals surface area contributed by atoms with Gasteiger partial charge in [-0.1, -0.05) is 49.4 Å². The van der Waals surface area contributed by atoms with Crippen LogP contribution in [0.3, 0.4) is 0 Å². The summed E-state index contributed by atoms with van der Waals surface area (Å²) in [5.74, 6) is 0.482. The van der Waals surface area contributed by atoms with Gasteiger partial charge in [0.25, 0.3) is 0 Å². The average Bonchev–Trinajstić information content (AvgIpc) is 2.65. The number of nitrogens with one attached hydrogen (secondary N) is 2. The van der Waals surface area contributed by atoms with E-state index in [1.165, 1.54) is 11.6 Å². The van der Waals surface area contributed by atoms with Gasteiger partial charge in [-0.05, 0) is 37.7 Å². The number of hydrogen-bond acceptors (Lipinski definition) is 2. The summed E-state index contributed by atoms with van der Waals surface area (Å²) in [5, 5.41) is 6.40. The van der Waals surface area contributed by atoms with Gasteiger partial charge in [0, 0.05) is 25.2 Å². The molecular formula is C21H29FN4. The van der Waals surface area contributed by atoms with Crippen molar-refractivity contribution in [1.29, 1.82) is 0 Å². The Labute approximate surface area is 156 Å². The Kier molecular flexibility index (Phi) is 8.09. The summed E-state index contributed by atoms with van der Waals surface area (Å²) < 4.78 is 13.8. The third kappa shape index (κ3) is 6.48. The zero-order valence-corrected chi connectivity index (χ0v) is 15.9. The van der Waals surface area contributed by atoms with Gasteiger partial charge in [-0.15, -0.1) is 0 Å². The second kappa shape index (κ2) is 10.6. The van der Waals surface area contributed by atoms with E-state index in [4.69, 9.17) is 0 Å². The van der Waals surface area contributed by atoms with Gasteiger partial charge in [0.2, 0.25) is 0 Å². The predicted molar refractivity (Wildman–Crippen MR) is 107 cm³/mol. The van der Waals surface area contributed by atoms with Crippen LogP contribution in [0.2, 0.25) is 0 Å². The molecule has 0 unspecified atom stereocenters. The van der Waals surface area contributed by atoms with Gasteiger partial charge in [-0.2, -0.15) is 0 Å². The number of aliphatic imine (C=N–C) groups is 1. The second-order valence-electron chi connectivity index (χ2n) is 6.29. The first-order chi connectivity index (χ1) is 12.6. The smallest absolute Gasteiger partial charge is 0.191 e. The molecule has 0 aliphatic carbocycles. The lowest BCUT2D eigenvalue weighted by molar-refractivity contribution is 0.345. The lowest BCUT2D eigenvalue weighted by Gasteiger charge is -2.14. The lowest BCUT2D eigenvalue weighted by atomic mass is 10.1. The van der Waals surface area contributed by atoms with E-state index in [9.17, 15) is 4.39 Å². The molecule has 0 fully saturated rings. The maximum atomic E-state index is 13.8. The number of nitrogens with zero attached hydrogens (tertiary/aromatic N) is 2. The van der Waals surface area contributed by atoms with Crippen LogP contribution in [-0.2, 0) is 19.6 Å². The molecule has 0 atom stereocenters. The molecule has 26 heavy (non-hydrogen) atoms. The van der Waals surface area contributed by atoms with E-state index in [-0.39, 0.29) is 5.82 Å². The van der Waals surface area contributed by atoms with E-state index in [0.29, 0.717) is 24.6 Å². The standard InChI is InChI=1S/C21H29FN4/c1-4-23-21(25-15-19-11-6-7-12-20(19)22)24-14-17-9-8-10-18(13-17)16-26(3)5-2/h6-13H,4-5,14-16H2,1-3H3,(H2,23,24,25). The molecule has 2 N–H and O–H groups in total. The van der Waals surface area contributed by atoms with Crippen LogP contribution >= 0.6 is 0 Å². The summed E-state index contributed by atoms with van der Waals surface area (Å²) >= 11 is 0. The molecule has 5 heteroatoms. The van der Waals surface area contributed by atoms with Crippen LogP contribution in [0.15, 0.2) is 53.5 Å². The molecule has 2 aromatic carbocycles. The number of rotatable bonds is 8. The van der Waals surface area contributed by atoms with Crippen LogP contribution in [0.4, 0.5) is 4.39 Å². The van der Waals surface area contributed by atoms with Crippen LogP contribution in [0.5, 0.6) is 0 Å². The highest BCUT2D eigenvalue weighted by atomic mass is 19.1. The molecule has 0 saturated carbocycles. The maximum Gasteiger partial charge on any atom is 0.191 e. The quantitative estimate of drug-likeness (QED) is 0.561. The minimum absolute atomic E-state index is 0.205. The van der Waals surface area contributed by atoms with E-state index in [1.54, 1.807) is 12.1 Å². The number of guanidine groups is 1. The summed E-state index contributed by atoms with van der Waals surface area (Å²) in [5.41, 5.74) is 3.07. The fourth-order valence-electron chi connectivity index (χ4n) is 2.58. The van der Waals surface area contributed by atoms with E-state index in [1.807, 2.05) is 13.0 Å². The van der Waals surface area contributed by atoms with Crippen molar-refractivity contribution in [2.45, 2.75) is 33.5 Å². The molecule has 0 heterocycles. The second-order valence-corrected chi connectivity index (χ2v) is 6.29. The van der Waals surface area contributed by atoms with Crippen molar-refractivity contribution >= 4 is 5.96 Å². The maximum absolute atomic E-state index is 13.8. The van der Waals surface area contributed by atoms with Gasteiger partial charge in [-0.3, -0.25) is 0 Å². The molecule has 0 amide bonds. The third-order valence-electron chi connectivity index (χ3n) is 4.15. The molecule has 0 bridgehead atoms. The van der Waals surface area contributed by atoms with Crippen LogP contribution in [0.25, 0.3) is 0 Å². The Hall–Kier alpha value is -2.40. The number of hydrogen-bond donors (Lipinski definition) is 2. The average molecular weight is 356 g/mol. The van der Waals surface area contributed by atoms with Crippen molar-refractivity contribution in [3.63, 3.8) is 0 Å². The van der Waals surface area contributed by atoms with E-state index >= 15 is 0 Å². The molecular weight excluding hydrogens is 327 g/mol. The Morgan fingerprint density at radius 1 is 1.04 bits per heavy atom. The Bertz CT molecular complexity index is 715. The fourth-order valence-corrected chi connectivity index (χ4v) is 2.58. The molecule has 2 aromatic rings. The summed E-state index contributed by atoms with van der Waals surface area (Å²) in [6.07, 6.45) is 0. The first kappa shape index (κ1) is 19.9. The molecule has 0 spiro atoms. The fraction of sp³-hybridized carbons (Fsp3) is 0.381. The number of halogens is 1. The molecule has 2 rings (SSSR count). The van der Waals surface area contributed by atoms with Crippen molar-refractivity contribution in [1.82, 2.24) is 15.5 Å². The monoisotopic (exact) mass is 356 g/mol. The van der Waals surface area contributed by atoms with Gasteiger partial charge in [0.05, 0.1) is 6.54 Å². The van der Waals surface area contributed by atoms with Crippen LogP contribution in [-0.4, -0.2) is 31.0 Å². The SMILES string of the molecule is CCNC(=NCc1cccc(CN(C)CC)c1)NCc1ccccc1F. The molecule has 4 nitrogen and oxygen atoms in total. The Morgan fingerprint density at radius 2 is 1.81 bits per heavy atom. The number of benzene rings is 2. The van der Waals surface area contributed by atoms with Crippen LogP contribution in [0.1, 0.15) is 30.5 Å². The molecule has 0 radical (unpaired) electrons. The highest BCUT2D eigenvalue weighted by molar-refractivity contribution is 5.79. The van der Waals surface area contributed by atoms with Crippen LogP contribution in [0, 0.1) is 5.82 Å². The van der Waals surface area contributed by atoms with Crippen molar-refractivity contribution < 1.29 is 4.39 Å². The van der Waals surface area contributed by atoms with Crippen molar-refractivity contribution in [3.05, 3.63) is 71.0 Å². The topological polar surface area (TPSA) is 39.7 Å². The van der Waals surface area contributed by atoms with Crippen molar-refractivity contribution in [3.8, 4) is 0 Å². The molecule has 140 valence electrons. The summed E-state index contributed by atoms with van der Waals surface area (Å²) in [7, 11) is 2.11. The van der Waals surface area contributed by atoms with E-state index < -0.39 is 0 Å². The highest BCUT2D eigenvalue weighted by Gasteiger charge is 2.03. The normalized spacial score (nSPS) is 11.7. The molecule has 0 aliphatic rings. The summed E-state index contributed by atoms with van der Waals surface area (Å²) in [6, 6.07) is 15.3. The summed E-state index contributed by atoms with van der Waals surface area (Å²) in [6.45, 7) is 7.85. The highest BCUT2D eigenvalue weighted by Crippen LogP contribution is 2.09. The van der Waals surface area contributed by atoms with Gasteiger partial charge in [0.1, 0.15) is 5.82 Å². The minimum atomic E-state index is -0.205. The van der Waals surface area contributed by atoms with Crippen LogP contribution < -0.4 is 10.6 Å². The van der Waals surface area contributed by atoms with Gasteiger partial charge in [-0.25, -0.2) is 9.38 Å². The first-order valence-corrected chi connectivity index (χ1v) is 9.14. The van der Waals surface area contributed by atoms with Crippen molar-refractivity contribution in [2.24, 2.45) is 4.99 Å². The Balaban J connectivity index is 2.00. The summed E-state index contributed by atoms with van der Waals surface area (Å²) in [4.78, 5) is 6.89. The van der Waals surface area contributed by atoms with Gasteiger partial charge in [0.15, 0.2) is 5.96 Å². The predicted octanol–water partition coefficient (Wildman–Crippen LogP) is 3.53. The third-order valence-corrected chi connectivity index (χ3v) is 4.15.